The van der Waals surface area contributed by atoms with Crippen LogP contribution in [0.15, 0.2) is 18.2 Å². The van der Waals surface area contributed by atoms with Gasteiger partial charge in [0.05, 0.1) is 5.54 Å². The zero-order chi connectivity index (χ0) is 12.5. The van der Waals surface area contributed by atoms with Crippen LogP contribution in [0, 0.1) is 0 Å². The van der Waals surface area contributed by atoms with Gasteiger partial charge in [-0.25, -0.2) is 0 Å². The molecule has 0 radical (unpaired) electrons. The molecule has 0 unspecified atom stereocenters. The molecule has 0 aliphatic heterocycles. The van der Waals surface area contributed by atoms with Crippen molar-refractivity contribution in [3.8, 4) is 0 Å². The third-order valence-electron chi connectivity index (χ3n) is 3.07. The van der Waals surface area contributed by atoms with Gasteiger partial charge in [0, 0.05) is 15.7 Å². The normalized spacial score (nSPS) is 18.1. The predicted molar refractivity (Wildman–Crippen MR) is 70.5 cm³/mol. The molecule has 5 heteroatoms. The Kier molecular flexibility index (Phi) is 3.61. The van der Waals surface area contributed by atoms with Crippen LogP contribution in [0.2, 0.25) is 10.0 Å². The minimum atomic E-state index is -0.741. The Balaban J connectivity index is 2.12. The molecule has 1 aliphatic carbocycles. The summed E-state index contributed by atoms with van der Waals surface area (Å²) in [5, 5.41) is 3.76. The first kappa shape index (κ1) is 12.7. The highest BCUT2D eigenvalue weighted by Crippen LogP contribution is 2.29. The maximum absolute atomic E-state index is 12.0. The summed E-state index contributed by atoms with van der Waals surface area (Å²) >= 11 is 11.7. The van der Waals surface area contributed by atoms with Crippen LogP contribution < -0.4 is 11.1 Å². The topological polar surface area (TPSA) is 55.1 Å². The molecular weight excluding hydrogens is 259 g/mol. The molecule has 0 saturated heterocycles. The Labute approximate surface area is 110 Å². The van der Waals surface area contributed by atoms with Crippen LogP contribution in [0.4, 0.5) is 5.69 Å². The fourth-order valence-electron chi connectivity index (χ4n) is 2.11. The molecule has 1 fully saturated rings. The Morgan fingerprint density at radius 3 is 2.24 bits per heavy atom. The quantitative estimate of drug-likeness (QED) is 0.869. The van der Waals surface area contributed by atoms with E-state index in [1.807, 2.05) is 0 Å². The number of nitrogens with one attached hydrogen (secondary N) is 1. The number of hydrogen-bond acceptors (Lipinski definition) is 2. The highest BCUT2D eigenvalue weighted by Gasteiger charge is 2.36. The van der Waals surface area contributed by atoms with Gasteiger partial charge in [0.25, 0.3) is 0 Å². The first-order valence-electron chi connectivity index (χ1n) is 5.56. The molecule has 2 rings (SSSR count). The second kappa shape index (κ2) is 4.84. The van der Waals surface area contributed by atoms with Gasteiger partial charge in [-0.1, -0.05) is 36.0 Å². The molecule has 17 heavy (non-hydrogen) atoms. The molecule has 1 aliphatic rings. The summed E-state index contributed by atoms with van der Waals surface area (Å²) in [7, 11) is 0. The lowest BCUT2D eigenvalue weighted by molar-refractivity contribution is -0.121. The Hall–Kier alpha value is -0.770. The van der Waals surface area contributed by atoms with Gasteiger partial charge in [0.15, 0.2) is 0 Å². The third-order valence-corrected chi connectivity index (χ3v) is 3.50. The lowest BCUT2D eigenvalue weighted by atomic mass is 9.98. The second-order valence-corrected chi connectivity index (χ2v) is 5.35. The van der Waals surface area contributed by atoms with Crippen LogP contribution in [-0.2, 0) is 4.79 Å². The average Bonchev–Trinajstić information content (AvgIpc) is 2.64. The van der Waals surface area contributed by atoms with Gasteiger partial charge in [0.2, 0.25) is 5.91 Å². The minimum Gasteiger partial charge on any atom is -0.324 e. The molecule has 1 saturated carbocycles. The van der Waals surface area contributed by atoms with Gasteiger partial charge in [-0.05, 0) is 31.0 Å². The van der Waals surface area contributed by atoms with E-state index in [0.29, 0.717) is 15.7 Å². The summed E-state index contributed by atoms with van der Waals surface area (Å²) in [5.74, 6) is -0.159. The van der Waals surface area contributed by atoms with Gasteiger partial charge in [-0.15, -0.1) is 0 Å². The zero-order valence-electron chi connectivity index (χ0n) is 9.30. The van der Waals surface area contributed by atoms with Crippen molar-refractivity contribution in [3.63, 3.8) is 0 Å². The van der Waals surface area contributed by atoms with Crippen LogP contribution in [-0.4, -0.2) is 11.4 Å². The van der Waals surface area contributed by atoms with Crippen molar-refractivity contribution in [1.29, 1.82) is 0 Å². The minimum absolute atomic E-state index is 0.159. The van der Waals surface area contributed by atoms with Crippen LogP contribution in [0.1, 0.15) is 25.7 Å². The van der Waals surface area contributed by atoms with Crippen molar-refractivity contribution in [2.45, 2.75) is 31.2 Å². The van der Waals surface area contributed by atoms with Gasteiger partial charge >= 0.3 is 0 Å². The van der Waals surface area contributed by atoms with E-state index >= 15 is 0 Å². The Bertz CT molecular complexity index is 422. The fourth-order valence-corrected chi connectivity index (χ4v) is 2.64. The number of nitrogens with two attached hydrogens (primary N) is 1. The van der Waals surface area contributed by atoms with Crippen molar-refractivity contribution >= 4 is 34.8 Å². The summed E-state index contributed by atoms with van der Waals surface area (Å²) in [6.07, 6.45) is 3.46. The number of rotatable bonds is 2. The molecule has 1 aromatic carbocycles. The molecule has 0 bridgehead atoms. The maximum atomic E-state index is 12.0. The fraction of sp³-hybridized carbons (Fsp3) is 0.417. The Morgan fingerprint density at radius 1 is 1.18 bits per heavy atom. The molecule has 3 N–H and O–H groups in total. The number of carbonyl (C=O) groups excluding carboxylic acids is 1. The number of benzene rings is 1. The van der Waals surface area contributed by atoms with Crippen LogP contribution in [0.25, 0.3) is 0 Å². The predicted octanol–water partition coefficient (Wildman–Crippen LogP) is 3.20. The van der Waals surface area contributed by atoms with Crippen molar-refractivity contribution in [2.75, 3.05) is 5.32 Å². The summed E-state index contributed by atoms with van der Waals surface area (Å²) in [4.78, 5) is 12.0. The number of amides is 1. The Morgan fingerprint density at radius 2 is 1.71 bits per heavy atom. The van der Waals surface area contributed by atoms with E-state index < -0.39 is 5.54 Å². The molecule has 0 spiro atoms. The van der Waals surface area contributed by atoms with E-state index in [4.69, 9.17) is 28.9 Å². The summed E-state index contributed by atoms with van der Waals surface area (Å²) < 4.78 is 0. The zero-order valence-corrected chi connectivity index (χ0v) is 10.8. The summed E-state index contributed by atoms with van der Waals surface area (Å²) in [5.41, 5.74) is 5.89. The third kappa shape index (κ3) is 2.92. The van der Waals surface area contributed by atoms with Crippen molar-refractivity contribution in [3.05, 3.63) is 28.2 Å². The highest BCUT2D eigenvalue weighted by molar-refractivity contribution is 6.35. The largest absolute Gasteiger partial charge is 0.324 e. The molecule has 1 aromatic rings. The number of anilines is 1. The first-order valence-corrected chi connectivity index (χ1v) is 6.32. The monoisotopic (exact) mass is 272 g/mol. The van der Waals surface area contributed by atoms with Gasteiger partial charge < -0.3 is 11.1 Å². The van der Waals surface area contributed by atoms with Crippen LogP contribution in [0.5, 0.6) is 0 Å². The van der Waals surface area contributed by atoms with Crippen molar-refractivity contribution < 1.29 is 4.79 Å². The van der Waals surface area contributed by atoms with Crippen LogP contribution in [0.3, 0.4) is 0 Å². The average molecular weight is 273 g/mol. The van der Waals surface area contributed by atoms with E-state index in [-0.39, 0.29) is 5.91 Å². The number of halogens is 2. The van der Waals surface area contributed by atoms with E-state index in [9.17, 15) is 4.79 Å². The molecule has 3 nitrogen and oxygen atoms in total. The van der Waals surface area contributed by atoms with Crippen molar-refractivity contribution in [1.82, 2.24) is 0 Å². The number of carbonyl (C=O) groups is 1. The first-order chi connectivity index (χ1) is 7.99. The molecule has 0 atom stereocenters. The number of hydrogen-bond donors (Lipinski definition) is 2. The molecule has 92 valence electrons. The van der Waals surface area contributed by atoms with Gasteiger partial charge in [-0.2, -0.15) is 0 Å². The van der Waals surface area contributed by atoms with E-state index in [1.165, 1.54) is 0 Å². The van der Waals surface area contributed by atoms with Crippen molar-refractivity contribution in [2.24, 2.45) is 5.73 Å². The molecule has 0 heterocycles. The molecular formula is C12H14Cl2N2O. The van der Waals surface area contributed by atoms with E-state index in [2.05, 4.69) is 5.32 Å². The van der Waals surface area contributed by atoms with Crippen LogP contribution >= 0.6 is 23.2 Å². The molecule has 0 aromatic heterocycles. The van der Waals surface area contributed by atoms with E-state index in [0.717, 1.165) is 25.7 Å². The lowest BCUT2D eigenvalue weighted by Gasteiger charge is -2.22. The SMILES string of the molecule is NC1(C(=O)Nc2cc(Cl)cc(Cl)c2)CCCC1. The summed E-state index contributed by atoms with van der Waals surface area (Å²) in [6, 6.07) is 4.93. The second-order valence-electron chi connectivity index (χ2n) is 4.48. The lowest BCUT2D eigenvalue weighted by Crippen LogP contribution is -2.48. The highest BCUT2D eigenvalue weighted by atomic mass is 35.5. The van der Waals surface area contributed by atoms with E-state index in [1.54, 1.807) is 18.2 Å². The maximum Gasteiger partial charge on any atom is 0.244 e. The van der Waals surface area contributed by atoms with Gasteiger partial charge in [-0.3, -0.25) is 4.79 Å². The van der Waals surface area contributed by atoms with Gasteiger partial charge in [0.1, 0.15) is 0 Å². The standard InChI is InChI=1S/C12H14Cl2N2O/c13-8-5-9(14)7-10(6-8)16-11(17)12(15)3-1-2-4-12/h5-7H,1-4,15H2,(H,16,17). The molecule has 1 amide bonds. The smallest absolute Gasteiger partial charge is 0.244 e. The summed E-state index contributed by atoms with van der Waals surface area (Å²) in [6.45, 7) is 0.